The van der Waals surface area contributed by atoms with E-state index in [1.165, 1.54) is 0 Å². The number of imide groups is 1. The third-order valence-corrected chi connectivity index (χ3v) is 4.78. The molecular weight excluding hydrogens is 358 g/mol. The number of fused-ring (bicyclic) bond motifs is 1. The molecule has 1 N–H and O–H groups in total. The maximum absolute atomic E-state index is 13.4. The first-order valence-electron chi connectivity index (χ1n) is 9.13. The molecule has 1 aliphatic heterocycles. The van der Waals surface area contributed by atoms with Gasteiger partial charge in [0.1, 0.15) is 16.8 Å². The van der Waals surface area contributed by atoms with Crippen LogP contribution in [0.5, 0.6) is 5.75 Å². The number of rotatable bonds is 4. The zero-order valence-electron chi connectivity index (χ0n) is 16.6. The molecule has 0 saturated heterocycles. The number of hydrogen-bond acceptors (Lipinski definition) is 5. The second kappa shape index (κ2) is 7.28. The number of methoxy groups -OCH3 is 1. The highest BCUT2D eigenvalue weighted by molar-refractivity contribution is 6.21. The minimum atomic E-state index is -1.25. The number of aliphatic hydroxyl groups is 1. The average molecular weight is 383 g/mol. The Hall–Kier alpha value is -2.86. The van der Waals surface area contributed by atoms with Gasteiger partial charge in [0.2, 0.25) is 5.91 Å². The van der Waals surface area contributed by atoms with Crippen LogP contribution in [0, 0.1) is 0 Å². The van der Waals surface area contributed by atoms with E-state index in [-0.39, 0.29) is 6.42 Å². The Morgan fingerprint density at radius 3 is 2.32 bits per heavy atom. The number of carbonyl (C=O) groups excluding carboxylic acids is 2. The van der Waals surface area contributed by atoms with Gasteiger partial charge in [-0.25, -0.2) is 9.69 Å². The van der Waals surface area contributed by atoms with Crippen molar-refractivity contribution >= 4 is 17.7 Å². The van der Waals surface area contributed by atoms with E-state index in [0.717, 1.165) is 10.5 Å². The lowest BCUT2D eigenvalue weighted by Gasteiger charge is -2.27. The Morgan fingerprint density at radius 2 is 1.75 bits per heavy atom. The van der Waals surface area contributed by atoms with Gasteiger partial charge in [0, 0.05) is 0 Å². The van der Waals surface area contributed by atoms with Gasteiger partial charge in [0.05, 0.1) is 19.4 Å². The van der Waals surface area contributed by atoms with Crippen LogP contribution in [0.4, 0.5) is 10.5 Å². The first kappa shape index (κ1) is 19.9. The van der Waals surface area contributed by atoms with Gasteiger partial charge in [-0.05, 0) is 56.5 Å². The molecule has 0 unspecified atom stereocenters. The van der Waals surface area contributed by atoms with Crippen LogP contribution >= 0.6 is 0 Å². The summed E-state index contributed by atoms with van der Waals surface area (Å²) in [5.74, 6) is 0.219. The molecule has 1 aliphatic rings. The molecule has 0 saturated carbocycles. The van der Waals surface area contributed by atoms with Crippen molar-refractivity contribution in [2.24, 2.45) is 0 Å². The van der Waals surface area contributed by atoms with Crippen LogP contribution in [-0.4, -0.2) is 36.4 Å². The number of aliphatic hydroxyl groups excluding tert-OH is 1. The Bertz CT molecular complexity index is 885. The summed E-state index contributed by atoms with van der Waals surface area (Å²) in [5.41, 5.74) is -0.0768. The van der Waals surface area contributed by atoms with Crippen LogP contribution in [0.25, 0.3) is 0 Å². The lowest BCUT2D eigenvalue weighted by Crippen LogP contribution is -2.48. The van der Waals surface area contributed by atoms with Crippen molar-refractivity contribution in [2.45, 2.75) is 38.2 Å². The van der Waals surface area contributed by atoms with Crippen molar-refractivity contribution in [2.75, 3.05) is 18.6 Å². The second-order valence-electron chi connectivity index (χ2n) is 7.90. The zero-order chi connectivity index (χ0) is 20.5. The SMILES string of the molecule is COc1ccc(C[C@]2(CO)C(=O)N(C(=O)OC(C)(C)C)c3ccccc32)cc1. The lowest BCUT2D eigenvalue weighted by molar-refractivity contribution is -0.124. The van der Waals surface area contributed by atoms with Gasteiger partial charge in [-0.3, -0.25) is 4.79 Å². The van der Waals surface area contributed by atoms with Gasteiger partial charge < -0.3 is 14.6 Å². The summed E-state index contributed by atoms with van der Waals surface area (Å²) in [6.45, 7) is 4.81. The second-order valence-corrected chi connectivity index (χ2v) is 7.90. The topological polar surface area (TPSA) is 76.1 Å². The van der Waals surface area contributed by atoms with Gasteiger partial charge in [0.25, 0.3) is 0 Å². The number of benzene rings is 2. The van der Waals surface area contributed by atoms with Gasteiger partial charge in [-0.1, -0.05) is 30.3 Å². The molecule has 3 rings (SSSR count). The highest BCUT2D eigenvalue weighted by atomic mass is 16.6. The van der Waals surface area contributed by atoms with Gasteiger partial charge in [0.15, 0.2) is 0 Å². The molecule has 6 heteroatoms. The van der Waals surface area contributed by atoms with Crippen molar-refractivity contribution in [3.63, 3.8) is 0 Å². The summed E-state index contributed by atoms with van der Waals surface area (Å²) in [6, 6.07) is 14.3. The van der Waals surface area contributed by atoms with Crippen LogP contribution in [-0.2, 0) is 21.4 Å². The number of ether oxygens (including phenoxy) is 2. The van der Waals surface area contributed by atoms with Crippen LogP contribution in [0.2, 0.25) is 0 Å². The van der Waals surface area contributed by atoms with E-state index in [4.69, 9.17) is 9.47 Å². The third kappa shape index (κ3) is 3.47. The first-order chi connectivity index (χ1) is 13.2. The van der Waals surface area contributed by atoms with Gasteiger partial charge in [-0.2, -0.15) is 0 Å². The number of amides is 2. The molecule has 0 bridgehead atoms. The monoisotopic (exact) mass is 383 g/mol. The van der Waals surface area contributed by atoms with Gasteiger partial charge in [-0.15, -0.1) is 0 Å². The Morgan fingerprint density at radius 1 is 1.11 bits per heavy atom. The number of anilines is 1. The molecule has 0 radical (unpaired) electrons. The molecule has 2 aromatic rings. The largest absolute Gasteiger partial charge is 0.497 e. The maximum Gasteiger partial charge on any atom is 0.421 e. The standard InChI is InChI=1S/C22H25NO5/c1-21(2,3)28-20(26)23-18-8-6-5-7-17(18)22(14-24,19(23)25)13-15-9-11-16(27-4)12-10-15/h5-12,24H,13-14H2,1-4H3/t22-/m1/s1. The number of carbonyl (C=O) groups is 2. The third-order valence-electron chi connectivity index (χ3n) is 4.78. The molecule has 148 valence electrons. The zero-order valence-corrected chi connectivity index (χ0v) is 16.6. The smallest absolute Gasteiger partial charge is 0.421 e. The molecule has 0 aromatic heterocycles. The minimum absolute atomic E-state index is 0.253. The van der Waals surface area contributed by atoms with E-state index in [1.54, 1.807) is 64.3 Å². The summed E-state index contributed by atoms with van der Waals surface area (Å²) in [6.07, 6.45) is -0.488. The van der Waals surface area contributed by atoms with E-state index in [1.807, 2.05) is 12.1 Å². The summed E-state index contributed by atoms with van der Waals surface area (Å²) in [7, 11) is 1.58. The van der Waals surface area contributed by atoms with Gasteiger partial charge >= 0.3 is 6.09 Å². The van der Waals surface area contributed by atoms with E-state index in [9.17, 15) is 14.7 Å². The molecular formula is C22H25NO5. The molecule has 2 aromatic carbocycles. The highest BCUT2D eigenvalue weighted by Gasteiger charge is 2.53. The normalized spacial score (nSPS) is 18.8. The number of nitrogens with zero attached hydrogens (tertiary/aromatic N) is 1. The summed E-state index contributed by atoms with van der Waals surface area (Å²) in [4.78, 5) is 27.2. The fourth-order valence-corrected chi connectivity index (χ4v) is 3.47. The molecule has 1 heterocycles. The van der Waals surface area contributed by atoms with Crippen molar-refractivity contribution in [1.29, 1.82) is 0 Å². The predicted octanol–water partition coefficient (Wildman–Crippen LogP) is 3.45. The van der Waals surface area contributed by atoms with E-state index < -0.39 is 29.6 Å². The van der Waals surface area contributed by atoms with Crippen LogP contribution < -0.4 is 9.64 Å². The summed E-state index contributed by atoms with van der Waals surface area (Å²) >= 11 is 0. The lowest BCUT2D eigenvalue weighted by atomic mass is 9.77. The predicted molar refractivity (Wildman–Crippen MR) is 106 cm³/mol. The number of hydrogen-bond donors (Lipinski definition) is 1. The Balaban J connectivity index is 2.03. The highest BCUT2D eigenvalue weighted by Crippen LogP contribution is 2.44. The van der Waals surface area contributed by atoms with E-state index in [0.29, 0.717) is 17.0 Å². The number of para-hydroxylation sites is 1. The molecule has 0 aliphatic carbocycles. The fraction of sp³-hybridized carbons (Fsp3) is 0.364. The molecule has 28 heavy (non-hydrogen) atoms. The fourth-order valence-electron chi connectivity index (χ4n) is 3.47. The van der Waals surface area contributed by atoms with Crippen LogP contribution in [0.3, 0.4) is 0 Å². The van der Waals surface area contributed by atoms with Crippen molar-refractivity contribution in [1.82, 2.24) is 0 Å². The minimum Gasteiger partial charge on any atom is -0.497 e. The maximum atomic E-state index is 13.4. The Kier molecular flexibility index (Phi) is 5.17. The summed E-state index contributed by atoms with van der Waals surface area (Å²) < 4.78 is 10.6. The molecule has 2 amide bonds. The van der Waals surface area contributed by atoms with Crippen LogP contribution in [0.15, 0.2) is 48.5 Å². The molecule has 0 spiro atoms. The molecule has 6 nitrogen and oxygen atoms in total. The van der Waals surface area contributed by atoms with Crippen molar-refractivity contribution in [3.8, 4) is 5.75 Å². The average Bonchev–Trinajstić information content (AvgIpc) is 2.90. The first-order valence-corrected chi connectivity index (χ1v) is 9.13. The van der Waals surface area contributed by atoms with E-state index in [2.05, 4.69) is 0 Å². The molecule has 1 atom stereocenters. The Labute approximate surface area is 164 Å². The quantitative estimate of drug-likeness (QED) is 0.875. The summed E-state index contributed by atoms with van der Waals surface area (Å²) in [5, 5.41) is 10.3. The van der Waals surface area contributed by atoms with E-state index >= 15 is 0 Å². The van der Waals surface area contributed by atoms with Crippen molar-refractivity contribution < 1.29 is 24.2 Å². The van der Waals surface area contributed by atoms with Crippen molar-refractivity contribution in [3.05, 3.63) is 59.7 Å². The van der Waals surface area contributed by atoms with Crippen LogP contribution in [0.1, 0.15) is 31.9 Å². The molecule has 0 fully saturated rings.